The summed E-state index contributed by atoms with van der Waals surface area (Å²) in [5, 5.41) is 4.09. The molecule has 3 aromatic rings. The first kappa shape index (κ1) is 13.7. The number of hydrogen-bond donors (Lipinski definition) is 1. The molecule has 106 valence electrons. The molecule has 0 unspecified atom stereocenters. The molecule has 2 aromatic heterocycles. The van der Waals surface area contributed by atoms with Gasteiger partial charge >= 0.3 is 0 Å². The number of hydrogen-bond acceptors (Lipinski definition) is 3. The van der Waals surface area contributed by atoms with Crippen molar-refractivity contribution in [3.05, 3.63) is 71.4 Å². The normalized spacial score (nSPS) is 10.6. The fourth-order valence-electron chi connectivity index (χ4n) is 2.11. The van der Waals surface area contributed by atoms with Gasteiger partial charge in [0.1, 0.15) is 5.76 Å². The first-order valence-corrected chi connectivity index (χ1v) is 7.09. The predicted octanol–water partition coefficient (Wildman–Crippen LogP) is 4.92. The van der Waals surface area contributed by atoms with Gasteiger partial charge in [0, 0.05) is 16.8 Å². The maximum Gasteiger partial charge on any atom is 0.122 e. The van der Waals surface area contributed by atoms with Crippen molar-refractivity contribution in [3.8, 4) is 11.1 Å². The number of rotatable bonds is 4. The number of benzene rings is 1. The number of aryl methyl sites for hydroxylation is 1. The molecule has 0 saturated carbocycles. The fraction of sp³-hybridized carbons (Fsp3) is 0.118. The lowest BCUT2D eigenvalue weighted by atomic mass is 10.1. The lowest BCUT2D eigenvalue weighted by molar-refractivity contribution is 0.518. The molecule has 1 aromatic carbocycles. The van der Waals surface area contributed by atoms with Crippen LogP contribution in [0.2, 0.25) is 5.02 Å². The Hall–Kier alpha value is -2.26. The van der Waals surface area contributed by atoms with Crippen LogP contribution in [0, 0.1) is 6.92 Å². The van der Waals surface area contributed by atoms with Crippen LogP contribution in [-0.2, 0) is 6.54 Å². The van der Waals surface area contributed by atoms with Gasteiger partial charge in [0.25, 0.3) is 0 Å². The maximum absolute atomic E-state index is 5.92. The van der Waals surface area contributed by atoms with Gasteiger partial charge in [-0.25, -0.2) is 0 Å². The Morgan fingerprint density at radius 3 is 2.67 bits per heavy atom. The molecule has 21 heavy (non-hydrogen) atoms. The molecule has 0 aliphatic rings. The maximum atomic E-state index is 5.92. The minimum Gasteiger partial charge on any atom is -0.467 e. The van der Waals surface area contributed by atoms with Crippen LogP contribution in [-0.4, -0.2) is 4.98 Å². The van der Waals surface area contributed by atoms with Crippen LogP contribution in [0.5, 0.6) is 0 Å². The second-order valence-corrected chi connectivity index (χ2v) is 5.23. The molecule has 0 spiro atoms. The molecule has 4 heteroatoms. The number of aromatic nitrogens is 1. The molecular weight excluding hydrogens is 284 g/mol. The Bertz CT molecular complexity index is 721. The Kier molecular flexibility index (Phi) is 3.93. The van der Waals surface area contributed by atoms with Gasteiger partial charge in [-0.3, -0.25) is 4.98 Å². The number of nitrogens with one attached hydrogen (secondary N) is 1. The molecule has 3 rings (SSSR count). The average molecular weight is 299 g/mol. The summed E-state index contributed by atoms with van der Waals surface area (Å²) < 4.78 is 5.33. The molecule has 0 aliphatic heterocycles. The lowest BCUT2D eigenvalue weighted by Crippen LogP contribution is -2.01. The van der Waals surface area contributed by atoms with Crippen LogP contribution in [0.1, 0.15) is 11.5 Å². The van der Waals surface area contributed by atoms with E-state index < -0.39 is 0 Å². The van der Waals surface area contributed by atoms with E-state index in [4.69, 9.17) is 16.0 Å². The third-order valence-electron chi connectivity index (χ3n) is 3.30. The van der Waals surface area contributed by atoms with E-state index in [1.54, 1.807) is 6.26 Å². The molecule has 1 N–H and O–H groups in total. The zero-order chi connectivity index (χ0) is 14.7. The van der Waals surface area contributed by atoms with E-state index >= 15 is 0 Å². The van der Waals surface area contributed by atoms with Crippen molar-refractivity contribution in [2.24, 2.45) is 0 Å². The molecule has 0 radical (unpaired) electrons. The monoisotopic (exact) mass is 298 g/mol. The summed E-state index contributed by atoms with van der Waals surface area (Å²) in [4.78, 5) is 4.45. The van der Waals surface area contributed by atoms with Crippen molar-refractivity contribution in [2.45, 2.75) is 13.5 Å². The highest BCUT2D eigenvalue weighted by molar-refractivity contribution is 6.30. The number of nitrogens with zero attached hydrogens (tertiary/aromatic N) is 1. The molecular formula is C17H15ClN2O. The molecule has 0 aliphatic carbocycles. The highest BCUT2D eigenvalue weighted by atomic mass is 35.5. The predicted molar refractivity (Wildman–Crippen MR) is 85.5 cm³/mol. The lowest BCUT2D eigenvalue weighted by Gasteiger charge is -2.10. The largest absolute Gasteiger partial charge is 0.467 e. The number of halogens is 1. The van der Waals surface area contributed by atoms with E-state index in [0.29, 0.717) is 6.54 Å². The quantitative estimate of drug-likeness (QED) is 0.743. The van der Waals surface area contributed by atoms with E-state index in [9.17, 15) is 0 Å². The van der Waals surface area contributed by atoms with Gasteiger partial charge in [-0.05, 0) is 42.8 Å². The van der Waals surface area contributed by atoms with Gasteiger partial charge in [0.05, 0.1) is 24.2 Å². The van der Waals surface area contributed by atoms with Crippen LogP contribution in [0.15, 0.2) is 59.3 Å². The average Bonchev–Trinajstić information content (AvgIpc) is 3.01. The van der Waals surface area contributed by atoms with E-state index in [1.165, 1.54) is 0 Å². The number of pyridine rings is 1. The SMILES string of the molecule is Cc1ncc(-c2ccc(Cl)cc2)cc1NCc1ccco1. The summed E-state index contributed by atoms with van der Waals surface area (Å²) >= 11 is 5.92. The Labute approximate surface area is 128 Å². The smallest absolute Gasteiger partial charge is 0.122 e. The second kappa shape index (κ2) is 6.02. The van der Waals surface area contributed by atoms with Crippen LogP contribution >= 0.6 is 11.6 Å². The van der Waals surface area contributed by atoms with E-state index in [1.807, 2.05) is 49.5 Å². The minimum absolute atomic E-state index is 0.638. The Balaban J connectivity index is 1.83. The van der Waals surface area contributed by atoms with Crippen LogP contribution in [0.4, 0.5) is 5.69 Å². The number of anilines is 1. The molecule has 2 heterocycles. The zero-order valence-corrected chi connectivity index (χ0v) is 12.4. The molecule has 0 bridgehead atoms. The summed E-state index contributed by atoms with van der Waals surface area (Å²) in [7, 11) is 0. The zero-order valence-electron chi connectivity index (χ0n) is 11.6. The second-order valence-electron chi connectivity index (χ2n) is 4.80. The van der Waals surface area contributed by atoms with Crippen LogP contribution in [0.3, 0.4) is 0 Å². The van der Waals surface area contributed by atoms with Crippen LogP contribution in [0.25, 0.3) is 11.1 Å². The molecule has 0 amide bonds. The van der Waals surface area contributed by atoms with Crippen molar-refractivity contribution in [1.29, 1.82) is 0 Å². The summed E-state index contributed by atoms with van der Waals surface area (Å²) in [6, 6.07) is 13.7. The van der Waals surface area contributed by atoms with Gasteiger partial charge in [0.2, 0.25) is 0 Å². The first-order valence-electron chi connectivity index (χ1n) is 6.71. The van der Waals surface area contributed by atoms with E-state index in [0.717, 1.165) is 33.3 Å². The van der Waals surface area contributed by atoms with Crippen molar-refractivity contribution in [2.75, 3.05) is 5.32 Å². The summed E-state index contributed by atoms with van der Waals surface area (Å²) in [6.45, 7) is 2.62. The van der Waals surface area contributed by atoms with Gasteiger partial charge in [-0.15, -0.1) is 0 Å². The first-order chi connectivity index (χ1) is 10.2. The highest BCUT2D eigenvalue weighted by Crippen LogP contribution is 2.25. The highest BCUT2D eigenvalue weighted by Gasteiger charge is 2.05. The Morgan fingerprint density at radius 1 is 1.14 bits per heavy atom. The van der Waals surface area contributed by atoms with Gasteiger partial charge in [0.15, 0.2) is 0 Å². The third-order valence-corrected chi connectivity index (χ3v) is 3.55. The van der Waals surface area contributed by atoms with Gasteiger partial charge < -0.3 is 9.73 Å². The van der Waals surface area contributed by atoms with Crippen molar-refractivity contribution >= 4 is 17.3 Å². The summed E-state index contributed by atoms with van der Waals surface area (Å²) in [5.74, 6) is 0.895. The van der Waals surface area contributed by atoms with Crippen LogP contribution < -0.4 is 5.32 Å². The van der Waals surface area contributed by atoms with Crippen molar-refractivity contribution < 1.29 is 4.42 Å². The topological polar surface area (TPSA) is 38.1 Å². The third kappa shape index (κ3) is 3.26. The van der Waals surface area contributed by atoms with Crippen molar-refractivity contribution in [3.63, 3.8) is 0 Å². The van der Waals surface area contributed by atoms with E-state index in [2.05, 4.69) is 16.4 Å². The molecule has 3 nitrogen and oxygen atoms in total. The summed E-state index contributed by atoms with van der Waals surface area (Å²) in [6.07, 6.45) is 3.54. The molecule has 0 saturated heterocycles. The fourth-order valence-corrected chi connectivity index (χ4v) is 2.23. The van der Waals surface area contributed by atoms with Gasteiger partial charge in [-0.1, -0.05) is 23.7 Å². The van der Waals surface area contributed by atoms with Crippen molar-refractivity contribution in [1.82, 2.24) is 4.98 Å². The molecule has 0 atom stereocenters. The molecule has 0 fully saturated rings. The number of furan rings is 1. The standard InChI is InChI=1S/C17H15ClN2O/c1-12-17(20-11-16-3-2-8-21-16)9-14(10-19-12)13-4-6-15(18)7-5-13/h2-10,20H,11H2,1H3. The van der Waals surface area contributed by atoms with Gasteiger partial charge in [-0.2, -0.15) is 0 Å². The Morgan fingerprint density at radius 2 is 1.95 bits per heavy atom. The minimum atomic E-state index is 0.638. The summed E-state index contributed by atoms with van der Waals surface area (Å²) in [5.41, 5.74) is 4.10. The van der Waals surface area contributed by atoms with E-state index in [-0.39, 0.29) is 0 Å².